The number of carbonyl (C=O) groups excluding carboxylic acids is 1. The number of anilines is 1. The quantitative estimate of drug-likeness (QED) is 0.0469. The van der Waals surface area contributed by atoms with Crippen LogP contribution in [0.2, 0.25) is 0 Å². The van der Waals surface area contributed by atoms with Crippen molar-refractivity contribution in [2.45, 2.75) is 76.4 Å². The maximum absolute atomic E-state index is 17.7. The number of ether oxygens (including phenoxy) is 4. The van der Waals surface area contributed by atoms with Gasteiger partial charge in [0.1, 0.15) is 35.6 Å². The molecule has 1 amide bonds. The third-order valence-electron chi connectivity index (χ3n) is 10.7. The second kappa shape index (κ2) is 20.6. The lowest BCUT2D eigenvalue weighted by Gasteiger charge is -2.39. The lowest BCUT2D eigenvalue weighted by molar-refractivity contribution is -0.0919. The molecule has 0 aliphatic carbocycles. The van der Waals surface area contributed by atoms with Gasteiger partial charge in [-0.1, -0.05) is 72.8 Å². The van der Waals surface area contributed by atoms with Crippen LogP contribution in [0.25, 0.3) is 11.2 Å². The van der Waals surface area contributed by atoms with E-state index in [1.807, 2.05) is 117 Å². The smallest absolute Gasteiger partial charge is 0.259 e. The summed E-state index contributed by atoms with van der Waals surface area (Å²) in [4.78, 5) is 26.5. The molecule has 1 aliphatic heterocycles. The van der Waals surface area contributed by atoms with Crippen LogP contribution >= 0.6 is 8.53 Å². The second-order valence-corrected chi connectivity index (χ2v) is 16.7. The standard InChI is InChI=1S/C47H51FN7O7P/c1-31(2)55(32(3)4)63(60-27-13-26-49)62-42-39(61-46(40(42)48)54-30-52-41-43(50-29-51-44(41)54)53-45(56)33-14-9-7-10-15-33)28-59-47(34-16-11-8-12-17-34,35-18-22-37(57-5)23-19-35)36-20-24-38(58-6)25-21-36/h7-12,14-25,29-32,39-40,42,46H,13,27-28H2,1-6H3,(H,50,51,53,56)/t39?,40-,42?,46?,63?/m0/s1. The monoisotopic (exact) mass is 875 g/mol. The fourth-order valence-corrected chi connectivity index (χ4v) is 9.52. The number of rotatable bonds is 19. The molecule has 0 saturated carbocycles. The van der Waals surface area contributed by atoms with E-state index in [1.165, 1.54) is 17.2 Å². The van der Waals surface area contributed by atoms with Crippen molar-refractivity contribution in [1.82, 2.24) is 24.2 Å². The first kappa shape index (κ1) is 45.2. The minimum Gasteiger partial charge on any atom is -0.497 e. The SMILES string of the molecule is COc1ccc(C(OCC2OC(n3cnc4c(NC(=O)c5ccccc5)ncnc43)[C@@H](F)C2OP(OCCC#N)N(C(C)C)C(C)C)(c2ccccc2)c2ccc(OC)cc2)cc1. The number of nitriles is 1. The van der Waals surface area contributed by atoms with Gasteiger partial charge in [-0.25, -0.2) is 24.0 Å². The molecule has 2 aromatic heterocycles. The van der Waals surface area contributed by atoms with Crippen LogP contribution in [0.5, 0.6) is 11.5 Å². The summed E-state index contributed by atoms with van der Waals surface area (Å²) in [5.41, 5.74) is 2.00. The van der Waals surface area contributed by atoms with E-state index in [9.17, 15) is 10.1 Å². The highest BCUT2D eigenvalue weighted by molar-refractivity contribution is 7.44. The Kier molecular flexibility index (Phi) is 14.7. The van der Waals surface area contributed by atoms with Gasteiger partial charge in [-0.2, -0.15) is 5.26 Å². The minimum atomic E-state index is -1.93. The average Bonchev–Trinajstić information content (AvgIpc) is 3.87. The van der Waals surface area contributed by atoms with E-state index in [0.29, 0.717) is 17.1 Å². The molecule has 0 radical (unpaired) electrons. The van der Waals surface area contributed by atoms with Crippen molar-refractivity contribution >= 4 is 31.4 Å². The number of nitrogens with zero attached hydrogens (tertiary/aromatic N) is 6. The molecule has 1 aliphatic rings. The molecule has 3 heterocycles. The molecule has 4 aromatic carbocycles. The van der Waals surface area contributed by atoms with Crippen molar-refractivity contribution in [1.29, 1.82) is 5.26 Å². The zero-order valence-corrected chi connectivity index (χ0v) is 36.9. The van der Waals surface area contributed by atoms with E-state index < -0.39 is 44.6 Å². The van der Waals surface area contributed by atoms with E-state index in [-0.39, 0.29) is 48.7 Å². The van der Waals surface area contributed by atoms with E-state index >= 15 is 4.39 Å². The van der Waals surface area contributed by atoms with E-state index in [4.69, 9.17) is 28.0 Å². The largest absolute Gasteiger partial charge is 0.497 e. The molecule has 7 rings (SSSR count). The van der Waals surface area contributed by atoms with Gasteiger partial charge in [0.15, 0.2) is 29.4 Å². The zero-order valence-electron chi connectivity index (χ0n) is 36.0. The lowest BCUT2D eigenvalue weighted by atomic mass is 9.80. The molecule has 1 N–H and O–H groups in total. The van der Waals surface area contributed by atoms with Gasteiger partial charge in [-0.15, -0.1) is 0 Å². The Morgan fingerprint density at radius 3 is 2.03 bits per heavy atom. The van der Waals surface area contributed by atoms with Crippen molar-refractivity contribution in [3.05, 3.63) is 144 Å². The first-order valence-corrected chi connectivity index (χ1v) is 21.8. The number of benzene rings is 4. The molecule has 16 heteroatoms. The normalized spacial score (nSPS) is 18.2. The van der Waals surface area contributed by atoms with Gasteiger partial charge in [-0.3, -0.25) is 9.36 Å². The molecule has 6 aromatic rings. The van der Waals surface area contributed by atoms with Gasteiger partial charge >= 0.3 is 0 Å². The number of methoxy groups -OCH3 is 2. The fraction of sp³-hybridized carbons (Fsp3) is 0.340. The molecule has 63 heavy (non-hydrogen) atoms. The highest BCUT2D eigenvalue weighted by Gasteiger charge is 2.51. The van der Waals surface area contributed by atoms with Gasteiger partial charge in [0.05, 0.1) is 46.3 Å². The molecule has 0 bridgehead atoms. The summed E-state index contributed by atoms with van der Waals surface area (Å²) < 4.78 is 59.3. The number of imidazole rings is 1. The highest BCUT2D eigenvalue weighted by Crippen LogP contribution is 2.51. The molecule has 328 valence electrons. The van der Waals surface area contributed by atoms with Crippen LogP contribution in [0.1, 0.15) is 67.4 Å². The van der Waals surface area contributed by atoms with Crippen LogP contribution < -0.4 is 14.8 Å². The summed E-state index contributed by atoms with van der Waals surface area (Å²) in [7, 11) is 1.29. The summed E-state index contributed by atoms with van der Waals surface area (Å²) in [5.74, 6) is 1.08. The number of aromatic nitrogens is 4. The van der Waals surface area contributed by atoms with Crippen molar-refractivity contribution in [3.8, 4) is 17.6 Å². The third-order valence-corrected chi connectivity index (χ3v) is 12.8. The topological polar surface area (TPSA) is 155 Å². The predicted molar refractivity (Wildman–Crippen MR) is 237 cm³/mol. The van der Waals surface area contributed by atoms with Gasteiger partial charge in [-0.05, 0) is 80.8 Å². The van der Waals surface area contributed by atoms with Crippen LogP contribution in [-0.2, 0) is 24.1 Å². The second-order valence-electron chi connectivity index (χ2n) is 15.3. The summed E-state index contributed by atoms with van der Waals surface area (Å²) in [6.07, 6.45) is -2.59. The summed E-state index contributed by atoms with van der Waals surface area (Å²) in [6.45, 7) is 7.96. The first-order chi connectivity index (χ1) is 30.6. The molecule has 0 spiro atoms. The summed E-state index contributed by atoms with van der Waals surface area (Å²) in [6, 6.07) is 35.7. The Morgan fingerprint density at radius 2 is 1.46 bits per heavy atom. The maximum Gasteiger partial charge on any atom is 0.259 e. The molecule has 1 saturated heterocycles. The number of carbonyl (C=O) groups is 1. The van der Waals surface area contributed by atoms with Gasteiger partial charge < -0.3 is 33.3 Å². The molecule has 4 unspecified atom stereocenters. The molecular formula is C47H51FN7O7P. The number of hydrogen-bond donors (Lipinski definition) is 1. The molecule has 14 nitrogen and oxygen atoms in total. The van der Waals surface area contributed by atoms with E-state index in [2.05, 4.69) is 26.3 Å². The lowest BCUT2D eigenvalue weighted by Crippen LogP contribution is -2.41. The Labute approximate surface area is 367 Å². The highest BCUT2D eigenvalue weighted by atomic mass is 31.2. The van der Waals surface area contributed by atoms with Crippen molar-refractivity contribution in [3.63, 3.8) is 0 Å². The number of amides is 1. The Morgan fingerprint density at radius 1 is 0.873 bits per heavy atom. The van der Waals surface area contributed by atoms with E-state index in [0.717, 1.165) is 16.7 Å². The predicted octanol–water partition coefficient (Wildman–Crippen LogP) is 9.00. The average molecular weight is 876 g/mol. The zero-order chi connectivity index (χ0) is 44.5. The van der Waals surface area contributed by atoms with Crippen molar-refractivity contribution in [2.75, 3.05) is 32.8 Å². The molecular weight excluding hydrogens is 825 g/mol. The fourth-order valence-electron chi connectivity index (χ4n) is 7.76. The van der Waals surface area contributed by atoms with Gasteiger partial charge in [0.25, 0.3) is 14.4 Å². The Bertz CT molecular complexity index is 2400. The van der Waals surface area contributed by atoms with Crippen LogP contribution in [0.4, 0.5) is 10.2 Å². The number of alkyl halides is 1. The number of nitrogens with one attached hydrogen (secondary N) is 1. The summed E-state index contributed by atoms with van der Waals surface area (Å²) in [5, 5.41) is 12.2. The minimum absolute atomic E-state index is 0.0567. The van der Waals surface area contributed by atoms with Crippen LogP contribution in [0, 0.1) is 11.3 Å². The van der Waals surface area contributed by atoms with Crippen molar-refractivity contribution < 1.29 is 37.2 Å². The molecule has 5 atom stereocenters. The van der Waals surface area contributed by atoms with E-state index in [1.54, 1.807) is 38.5 Å². The number of halogens is 1. The third kappa shape index (κ3) is 9.72. The van der Waals surface area contributed by atoms with Crippen LogP contribution in [-0.4, -0.2) is 88.0 Å². The number of hydrogen-bond acceptors (Lipinski definition) is 12. The maximum atomic E-state index is 17.7. The van der Waals surface area contributed by atoms with Gasteiger partial charge in [0.2, 0.25) is 0 Å². The first-order valence-electron chi connectivity index (χ1n) is 20.7. The Hall–Kier alpha value is -5.85. The van der Waals surface area contributed by atoms with Crippen LogP contribution in [0.15, 0.2) is 122 Å². The summed E-state index contributed by atoms with van der Waals surface area (Å²) >= 11 is 0. The van der Waals surface area contributed by atoms with Gasteiger partial charge in [0, 0.05) is 17.6 Å². The Balaban J connectivity index is 1.31. The van der Waals surface area contributed by atoms with Crippen molar-refractivity contribution in [2.24, 2.45) is 0 Å². The number of fused-ring (bicyclic) bond motifs is 1. The molecule has 1 fully saturated rings. The van der Waals surface area contributed by atoms with Crippen LogP contribution in [0.3, 0.4) is 0 Å².